The smallest absolute Gasteiger partial charge is 0.227 e. The van der Waals surface area contributed by atoms with Crippen molar-refractivity contribution in [2.24, 2.45) is 11.7 Å². The molecule has 4 nitrogen and oxygen atoms in total. The van der Waals surface area contributed by atoms with Crippen LogP contribution in [-0.2, 0) is 4.79 Å². The summed E-state index contributed by atoms with van der Waals surface area (Å²) in [6, 6.07) is 9.96. The van der Waals surface area contributed by atoms with Crippen LogP contribution in [0.1, 0.15) is 25.7 Å². The molecule has 3 rings (SSSR count). The fourth-order valence-electron chi connectivity index (χ4n) is 2.82. The van der Waals surface area contributed by atoms with Crippen LogP contribution >= 0.6 is 0 Å². The number of fused-ring (bicyclic) bond motifs is 1. The normalized spacial score (nSPS) is 22.6. The van der Waals surface area contributed by atoms with Crippen LogP contribution in [0.3, 0.4) is 0 Å². The lowest BCUT2D eigenvalue weighted by Gasteiger charge is -2.25. The Morgan fingerprint density at radius 3 is 2.70 bits per heavy atom. The number of rotatable bonds is 2. The third-order valence-corrected chi connectivity index (χ3v) is 4.05. The standard InChI is InChI=1S/C16H19N3O/c17-12-7-5-11(6-8-12)16(20)19-15-9-10-18-14-4-2-1-3-13(14)15/h1-4,9-12H,5-8,17H2,(H,18,19,20). The topological polar surface area (TPSA) is 68.0 Å². The highest BCUT2D eigenvalue weighted by atomic mass is 16.1. The van der Waals surface area contributed by atoms with Crippen molar-refractivity contribution >= 4 is 22.5 Å². The zero-order valence-corrected chi connectivity index (χ0v) is 11.4. The van der Waals surface area contributed by atoms with Crippen LogP contribution in [0.4, 0.5) is 5.69 Å². The van der Waals surface area contributed by atoms with E-state index in [1.807, 2.05) is 30.3 Å². The summed E-state index contributed by atoms with van der Waals surface area (Å²) in [5.74, 6) is 0.190. The molecule has 1 aromatic carbocycles. The third-order valence-electron chi connectivity index (χ3n) is 4.05. The van der Waals surface area contributed by atoms with E-state index >= 15 is 0 Å². The van der Waals surface area contributed by atoms with Gasteiger partial charge in [-0.15, -0.1) is 0 Å². The number of benzene rings is 1. The number of para-hydroxylation sites is 1. The summed E-state index contributed by atoms with van der Waals surface area (Å²) in [4.78, 5) is 16.6. The van der Waals surface area contributed by atoms with E-state index < -0.39 is 0 Å². The molecule has 0 atom stereocenters. The fourth-order valence-corrected chi connectivity index (χ4v) is 2.82. The molecule has 0 bridgehead atoms. The first-order valence-corrected chi connectivity index (χ1v) is 7.14. The SMILES string of the molecule is NC1CCC(C(=O)Nc2ccnc3ccccc23)CC1. The first-order valence-electron chi connectivity index (χ1n) is 7.14. The summed E-state index contributed by atoms with van der Waals surface area (Å²) in [5, 5.41) is 4.03. The van der Waals surface area contributed by atoms with Crippen molar-refractivity contribution in [1.29, 1.82) is 0 Å². The van der Waals surface area contributed by atoms with Crippen molar-refractivity contribution in [2.45, 2.75) is 31.7 Å². The van der Waals surface area contributed by atoms with Crippen molar-refractivity contribution in [2.75, 3.05) is 5.32 Å². The van der Waals surface area contributed by atoms with Crippen LogP contribution < -0.4 is 11.1 Å². The Morgan fingerprint density at radius 2 is 1.90 bits per heavy atom. The summed E-state index contributed by atoms with van der Waals surface area (Å²) < 4.78 is 0. The van der Waals surface area contributed by atoms with Gasteiger partial charge in [-0.1, -0.05) is 18.2 Å². The predicted octanol–water partition coefficient (Wildman–Crippen LogP) is 2.69. The molecule has 0 unspecified atom stereocenters. The van der Waals surface area contributed by atoms with Gasteiger partial charge in [-0.25, -0.2) is 0 Å². The largest absolute Gasteiger partial charge is 0.328 e. The number of hydrogen-bond donors (Lipinski definition) is 2. The second kappa shape index (κ2) is 5.59. The monoisotopic (exact) mass is 269 g/mol. The molecule has 1 saturated carbocycles. The van der Waals surface area contributed by atoms with Gasteiger partial charge in [-0.05, 0) is 37.8 Å². The number of nitrogens with one attached hydrogen (secondary N) is 1. The van der Waals surface area contributed by atoms with Gasteiger partial charge in [-0.3, -0.25) is 9.78 Å². The van der Waals surface area contributed by atoms with Crippen LogP contribution in [0.2, 0.25) is 0 Å². The van der Waals surface area contributed by atoms with Crippen molar-refractivity contribution < 1.29 is 4.79 Å². The van der Waals surface area contributed by atoms with E-state index in [2.05, 4.69) is 10.3 Å². The lowest BCUT2D eigenvalue weighted by molar-refractivity contribution is -0.120. The Hall–Kier alpha value is -1.94. The molecule has 0 radical (unpaired) electrons. The van der Waals surface area contributed by atoms with Crippen molar-refractivity contribution in [1.82, 2.24) is 4.98 Å². The number of amides is 1. The minimum absolute atomic E-state index is 0.0849. The van der Waals surface area contributed by atoms with E-state index in [9.17, 15) is 4.79 Å². The van der Waals surface area contributed by atoms with E-state index in [1.165, 1.54) is 0 Å². The van der Waals surface area contributed by atoms with E-state index in [-0.39, 0.29) is 17.9 Å². The Bertz CT molecular complexity index is 613. The zero-order valence-electron chi connectivity index (χ0n) is 11.4. The molecule has 1 amide bonds. The Balaban J connectivity index is 1.77. The molecule has 104 valence electrons. The first kappa shape index (κ1) is 13.1. The average Bonchev–Trinajstić information content (AvgIpc) is 2.48. The minimum atomic E-state index is 0.0849. The molecule has 1 aliphatic rings. The molecule has 1 heterocycles. The maximum Gasteiger partial charge on any atom is 0.227 e. The predicted molar refractivity (Wildman–Crippen MR) is 80.3 cm³/mol. The highest BCUT2D eigenvalue weighted by molar-refractivity contribution is 6.01. The van der Waals surface area contributed by atoms with E-state index in [0.29, 0.717) is 0 Å². The van der Waals surface area contributed by atoms with Crippen LogP contribution in [0.5, 0.6) is 0 Å². The van der Waals surface area contributed by atoms with Gasteiger partial charge in [0.15, 0.2) is 0 Å². The number of carbonyl (C=O) groups is 1. The molecule has 0 aliphatic heterocycles. The summed E-state index contributed by atoms with van der Waals surface area (Å²) in [6.07, 6.45) is 5.38. The van der Waals surface area contributed by atoms with Crippen LogP contribution in [-0.4, -0.2) is 16.9 Å². The van der Waals surface area contributed by atoms with Gasteiger partial charge in [-0.2, -0.15) is 0 Å². The summed E-state index contributed by atoms with van der Waals surface area (Å²) in [7, 11) is 0. The van der Waals surface area contributed by atoms with Gasteiger partial charge >= 0.3 is 0 Å². The molecule has 20 heavy (non-hydrogen) atoms. The van der Waals surface area contributed by atoms with Gasteiger partial charge in [0.25, 0.3) is 0 Å². The Morgan fingerprint density at radius 1 is 1.15 bits per heavy atom. The lowest BCUT2D eigenvalue weighted by atomic mass is 9.86. The molecule has 1 aliphatic carbocycles. The van der Waals surface area contributed by atoms with E-state index in [4.69, 9.17) is 5.73 Å². The molecule has 2 aromatic rings. The number of pyridine rings is 1. The van der Waals surface area contributed by atoms with E-state index in [1.54, 1.807) is 6.20 Å². The number of nitrogens with zero attached hydrogens (tertiary/aromatic N) is 1. The molecule has 1 aromatic heterocycles. The number of nitrogens with two attached hydrogens (primary N) is 1. The molecule has 0 saturated heterocycles. The Labute approximate surface area is 118 Å². The fraction of sp³-hybridized carbons (Fsp3) is 0.375. The second-order valence-corrected chi connectivity index (χ2v) is 5.48. The molecular formula is C16H19N3O. The quantitative estimate of drug-likeness (QED) is 0.880. The summed E-state index contributed by atoms with van der Waals surface area (Å²) in [5.41, 5.74) is 7.63. The van der Waals surface area contributed by atoms with E-state index in [0.717, 1.165) is 42.3 Å². The van der Waals surface area contributed by atoms with Crippen LogP contribution in [0.15, 0.2) is 36.5 Å². The first-order chi connectivity index (χ1) is 9.74. The summed E-state index contributed by atoms with van der Waals surface area (Å²) >= 11 is 0. The van der Waals surface area contributed by atoms with Gasteiger partial charge < -0.3 is 11.1 Å². The molecular weight excluding hydrogens is 250 g/mol. The average molecular weight is 269 g/mol. The number of carbonyl (C=O) groups excluding carboxylic acids is 1. The van der Waals surface area contributed by atoms with Gasteiger partial charge in [0.2, 0.25) is 5.91 Å². The van der Waals surface area contributed by atoms with Crippen LogP contribution in [0, 0.1) is 5.92 Å². The minimum Gasteiger partial charge on any atom is -0.328 e. The second-order valence-electron chi connectivity index (χ2n) is 5.48. The highest BCUT2D eigenvalue weighted by Crippen LogP contribution is 2.26. The van der Waals surface area contributed by atoms with Gasteiger partial charge in [0, 0.05) is 23.5 Å². The Kier molecular flexibility index (Phi) is 3.65. The van der Waals surface area contributed by atoms with Crippen molar-refractivity contribution in [3.8, 4) is 0 Å². The molecule has 3 N–H and O–H groups in total. The lowest BCUT2D eigenvalue weighted by Crippen LogP contribution is -2.32. The van der Waals surface area contributed by atoms with Crippen molar-refractivity contribution in [3.63, 3.8) is 0 Å². The molecule has 4 heteroatoms. The molecule has 0 spiro atoms. The van der Waals surface area contributed by atoms with Gasteiger partial charge in [0.1, 0.15) is 0 Å². The summed E-state index contributed by atoms with van der Waals surface area (Å²) in [6.45, 7) is 0. The number of hydrogen-bond acceptors (Lipinski definition) is 3. The number of aromatic nitrogens is 1. The third kappa shape index (κ3) is 2.65. The highest BCUT2D eigenvalue weighted by Gasteiger charge is 2.24. The van der Waals surface area contributed by atoms with Gasteiger partial charge in [0.05, 0.1) is 11.2 Å². The number of anilines is 1. The zero-order chi connectivity index (χ0) is 13.9. The van der Waals surface area contributed by atoms with Crippen LogP contribution in [0.25, 0.3) is 10.9 Å². The maximum atomic E-state index is 12.3. The maximum absolute atomic E-state index is 12.3. The molecule has 1 fully saturated rings. The van der Waals surface area contributed by atoms with Crippen molar-refractivity contribution in [3.05, 3.63) is 36.5 Å².